The van der Waals surface area contributed by atoms with E-state index in [-0.39, 0.29) is 12.1 Å². The normalized spacial score (nSPS) is 18.4. The Kier molecular flexibility index (Phi) is 6.97. The summed E-state index contributed by atoms with van der Waals surface area (Å²) in [5, 5.41) is 6.60. The summed E-state index contributed by atoms with van der Waals surface area (Å²) in [6.07, 6.45) is 5.63. The zero-order valence-corrected chi connectivity index (χ0v) is 18.5. The van der Waals surface area contributed by atoms with E-state index in [2.05, 4.69) is 20.6 Å². The molecule has 8 nitrogen and oxygen atoms in total. The lowest BCUT2D eigenvalue weighted by Crippen LogP contribution is -2.45. The predicted molar refractivity (Wildman–Crippen MR) is 121 cm³/mol. The van der Waals surface area contributed by atoms with Crippen LogP contribution in [0.2, 0.25) is 0 Å². The highest BCUT2D eigenvalue weighted by atomic mass is 16.5. The van der Waals surface area contributed by atoms with Crippen LogP contribution in [0.1, 0.15) is 31.2 Å². The van der Waals surface area contributed by atoms with Gasteiger partial charge in [0, 0.05) is 50.7 Å². The van der Waals surface area contributed by atoms with Crippen molar-refractivity contribution in [2.45, 2.75) is 44.7 Å². The third-order valence-electron chi connectivity index (χ3n) is 5.52. The van der Waals surface area contributed by atoms with E-state index in [4.69, 9.17) is 4.74 Å². The zero-order valence-electron chi connectivity index (χ0n) is 18.5. The Balaban J connectivity index is 1.49. The molecule has 0 saturated heterocycles. The Morgan fingerprint density at radius 2 is 1.70 bits per heavy atom. The van der Waals surface area contributed by atoms with E-state index in [1.54, 1.807) is 19.1 Å². The molecule has 8 heteroatoms. The van der Waals surface area contributed by atoms with Gasteiger partial charge in [-0.25, -0.2) is 9.78 Å². The fourth-order valence-corrected chi connectivity index (χ4v) is 3.71. The number of ether oxygens (including phenoxy) is 1. The maximum atomic E-state index is 12.6. The van der Waals surface area contributed by atoms with Crippen LogP contribution >= 0.6 is 0 Å². The molecule has 0 spiro atoms. The number of amides is 2. The summed E-state index contributed by atoms with van der Waals surface area (Å²) >= 11 is 0. The molecule has 0 radical (unpaired) electrons. The van der Waals surface area contributed by atoms with Crippen LogP contribution in [0.4, 0.5) is 22.2 Å². The number of hydrogen-bond acceptors (Lipinski definition) is 6. The second-order valence-corrected chi connectivity index (χ2v) is 7.99. The van der Waals surface area contributed by atoms with Crippen molar-refractivity contribution >= 4 is 23.5 Å². The first-order chi connectivity index (χ1) is 14.4. The van der Waals surface area contributed by atoms with Crippen LogP contribution in [-0.4, -0.2) is 56.3 Å². The first-order valence-corrected chi connectivity index (χ1v) is 10.3. The number of anilines is 3. The number of carbonyl (C=O) groups is 1. The molecule has 1 heterocycles. The van der Waals surface area contributed by atoms with Crippen molar-refractivity contribution in [2.75, 3.05) is 43.4 Å². The van der Waals surface area contributed by atoms with Crippen LogP contribution < -0.4 is 25.2 Å². The van der Waals surface area contributed by atoms with Gasteiger partial charge < -0.3 is 20.3 Å². The molecular weight excluding hydrogens is 380 g/mol. The van der Waals surface area contributed by atoms with Gasteiger partial charge in [0.05, 0.1) is 7.11 Å². The van der Waals surface area contributed by atoms with Gasteiger partial charge in [-0.05, 0) is 56.9 Å². The number of hydrogen-bond donors (Lipinski definition) is 2. The fraction of sp³-hybridized carbons (Fsp3) is 0.500. The Morgan fingerprint density at radius 3 is 2.30 bits per heavy atom. The van der Waals surface area contributed by atoms with Crippen molar-refractivity contribution in [3.8, 4) is 5.75 Å². The van der Waals surface area contributed by atoms with E-state index < -0.39 is 0 Å². The summed E-state index contributed by atoms with van der Waals surface area (Å²) in [6.45, 7) is 2.01. The maximum Gasteiger partial charge on any atom is 0.321 e. The molecule has 1 aliphatic carbocycles. The number of nitrogens with one attached hydrogen (secondary N) is 2. The Hall–Kier alpha value is -3.03. The number of carbonyl (C=O) groups excluding carboxylic acids is 1. The zero-order chi connectivity index (χ0) is 21.7. The minimum absolute atomic E-state index is 0.0888. The SMILES string of the molecule is COc1ccc(N(C)C(=O)N[C@H]2CC[C@@H](Nc3ncc(C)c(N(C)C)n3)CC2)cc1. The van der Waals surface area contributed by atoms with Crippen LogP contribution in [0.15, 0.2) is 30.5 Å². The quantitative estimate of drug-likeness (QED) is 0.756. The maximum absolute atomic E-state index is 12.6. The molecule has 1 saturated carbocycles. The topological polar surface area (TPSA) is 82.6 Å². The molecule has 0 atom stereocenters. The third kappa shape index (κ3) is 5.31. The minimum atomic E-state index is -0.0888. The number of rotatable bonds is 6. The van der Waals surface area contributed by atoms with E-state index in [1.807, 2.05) is 56.4 Å². The largest absolute Gasteiger partial charge is 0.497 e. The average molecular weight is 413 g/mol. The molecule has 2 N–H and O–H groups in total. The van der Waals surface area contributed by atoms with E-state index in [9.17, 15) is 4.79 Å². The van der Waals surface area contributed by atoms with Gasteiger partial charge in [0.25, 0.3) is 0 Å². The van der Waals surface area contributed by atoms with Gasteiger partial charge >= 0.3 is 6.03 Å². The molecule has 1 fully saturated rings. The number of aromatic nitrogens is 2. The summed E-state index contributed by atoms with van der Waals surface area (Å²) in [7, 11) is 7.37. The number of nitrogens with zero attached hydrogens (tertiary/aromatic N) is 4. The number of aryl methyl sites for hydroxylation is 1. The van der Waals surface area contributed by atoms with Crippen LogP contribution in [0.3, 0.4) is 0 Å². The molecule has 2 amide bonds. The lowest BCUT2D eigenvalue weighted by Gasteiger charge is -2.31. The van der Waals surface area contributed by atoms with Gasteiger partial charge in [-0.15, -0.1) is 0 Å². The lowest BCUT2D eigenvalue weighted by molar-refractivity contribution is 0.238. The Morgan fingerprint density at radius 1 is 1.07 bits per heavy atom. The van der Waals surface area contributed by atoms with E-state index in [0.29, 0.717) is 12.0 Å². The first kappa shape index (κ1) is 21.7. The summed E-state index contributed by atoms with van der Waals surface area (Å²) < 4.78 is 5.17. The monoisotopic (exact) mass is 412 g/mol. The second kappa shape index (κ2) is 9.65. The Labute approximate surface area is 178 Å². The molecule has 3 rings (SSSR count). The predicted octanol–water partition coefficient (Wildman–Crippen LogP) is 3.43. The van der Waals surface area contributed by atoms with Crippen LogP contribution in [0.25, 0.3) is 0 Å². The molecule has 1 aromatic heterocycles. The Bertz CT molecular complexity index is 847. The number of benzene rings is 1. The summed E-state index contributed by atoms with van der Waals surface area (Å²) in [6, 6.07) is 7.86. The van der Waals surface area contributed by atoms with Crippen molar-refractivity contribution < 1.29 is 9.53 Å². The van der Waals surface area contributed by atoms with E-state index in [1.165, 1.54) is 0 Å². The highest BCUT2D eigenvalue weighted by Crippen LogP contribution is 2.24. The highest BCUT2D eigenvalue weighted by Gasteiger charge is 2.24. The van der Waals surface area contributed by atoms with Gasteiger partial charge in [-0.1, -0.05) is 0 Å². The molecular formula is C22H32N6O2. The van der Waals surface area contributed by atoms with Gasteiger partial charge in [0.1, 0.15) is 11.6 Å². The van der Waals surface area contributed by atoms with Crippen LogP contribution in [0.5, 0.6) is 5.75 Å². The summed E-state index contributed by atoms with van der Waals surface area (Å²) in [5.41, 5.74) is 1.88. The van der Waals surface area contributed by atoms with Crippen molar-refractivity contribution in [2.24, 2.45) is 0 Å². The van der Waals surface area contributed by atoms with Gasteiger partial charge in [0.15, 0.2) is 0 Å². The molecule has 1 aliphatic rings. The van der Waals surface area contributed by atoms with Crippen LogP contribution in [-0.2, 0) is 0 Å². The summed E-state index contributed by atoms with van der Waals surface area (Å²) in [4.78, 5) is 25.3. The second-order valence-electron chi connectivity index (χ2n) is 7.99. The average Bonchev–Trinajstić information content (AvgIpc) is 2.75. The minimum Gasteiger partial charge on any atom is -0.497 e. The lowest BCUT2D eigenvalue weighted by atomic mass is 9.91. The van der Waals surface area contributed by atoms with Crippen molar-refractivity contribution in [1.82, 2.24) is 15.3 Å². The van der Waals surface area contributed by atoms with E-state index in [0.717, 1.165) is 48.5 Å². The molecule has 0 bridgehead atoms. The molecule has 1 aromatic carbocycles. The first-order valence-electron chi connectivity index (χ1n) is 10.3. The van der Waals surface area contributed by atoms with E-state index >= 15 is 0 Å². The molecule has 0 unspecified atom stereocenters. The number of methoxy groups -OCH3 is 1. The highest BCUT2D eigenvalue weighted by molar-refractivity contribution is 5.91. The van der Waals surface area contributed by atoms with Gasteiger partial charge in [-0.3, -0.25) is 4.90 Å². The molecule has 0 aliphatic heterocycles. The van der Waals surface area contributed by atoms with Gasteiger partial charge in [0.2, 0.25) is 5.95 Å². The van der Waals surface area contributed by atoms with Crippen LogP contribution in [0, 0.1) is 6.92 Å². The van der Waals surface area contributed by atoms with Crippen molar-refractivity contribution in [3.05, 3.63) is 36.0 Å². The summed E-state index contributed by atoms with van der Waals surface area (Å²) in [5.74, 6) is 2.36. The van der Waals surface area contributed by atoms with Crippen molar-refractivity contribution in [3.63, 3.8) is 0 Å². The molecule has 2 aromatic rings. The fourth-order valence-electron chi connectivity index (χ4n) is 3.71. The van der Waals surface area contributed by atoms with Gasteiger partial charge in [-0.2, -0.15) is 4.98 Å². The smallest absolute Gasteiger partial charge is 0.321 e. The standard InChI is InChI=1S/C22H32N6O2/c1-15-14-23-21(26-20(15)27(2)3)24-16-6-8-17(9-7-16)25-22(29)28(4)18-10-12-19(30-5)13-11-18/h10-14,16-17H,6-9H2,1-5H3,(H,25,29)(H,23,24,26)/t16-,17+. The molecule has 30 heavy (non-hydrogen) atoms. The van der Waals surface area contributed by atoms with Crippen molar-refractivity contribution in [1.29, 1.82) is 0 Å². The number of urea groups is 1. The third-order valence-corrected chi connectivity index (χ3v) is 5.52. The molecule has 162 valence electrons.